The van der Waals surface area contributed by atoms with Gasteiger partial charge in [-0.05, 0) is 49.5 Å². The Kier molecular flexibility index (Phi) is 5.96. The summed E-state index contributed by atoms with van der Waals surface area (Å²) >= 11 is 0. The van der Waals surface area contributed by atoms with Gasteiger partial charge in [-0.25, -0.2) is 8.78 Å². The van der Waals surface area contributed by atoms with Crippen LogP contribution < -0.4 is 5.32 Å². The Hall–Kier alpha value is -2.31. The third-order valence-electron chi connectivity index (χ3n) is 4.79. The number of carbonyl (C=O) groups excluding carboxylic acids is 1. The Balaban J connectivity index is 1.47. The summed E-state index contributed by atoms with van der Waals surface area (Å²) in [4.78, 5) is 14.1. The number of carbonyl (C=O) groups is 1. The van der Waals surface area contributed by atoms with Crippen LogP contribution in [0.2, 0.25) is 0 Å². The summed E-state index contributed by atoms with van der Waals surface area (Å²) in [6, 6.07) is 12.9. The Bertz CT molecular complexity index is 747. The van der Waals surface area contributed by atoms with E-state index in [1.54, 1.807) is 0 Å². The van der Waals surface area contributed by atoms with E-state index in [1.165, 1.54) is 6.07 Å². The zero-order chi connectivity index (χ0) is 18.5. The second-order valence-corrected chi connectivity index (χ2v) is 6.65. The molecule has 1 heterocycles. The maximum Gasteiger partial charge on any atom is 0.238 e. The molecule has 1 unspecified atom stereocenters. The smallest absolute Gasteiger partial charge is 0.238 e. The quantitative estimate of drug-likeness (QED) is 0.860. The third kappa shape index (κ3) is 4.65. The first-order valence-electron chi connectivity index (χ1n) is 8.73. The van der Waals surface area contributed by atoms with E-state index in [1.807, 2.05) is 35.2 Å². The van der Waals surface area contributed by atoms with Crippen molar-refractivity contribution >= 4 is 11.6 Å². The molecule has 26 heavy (non-hydrogen) atoms. The standard InChI is InChI=1S/C20H22F2N2O2/c21-17-7-6-16(12-18(17)22)23-19(25)13-24-10-8-15(9-11-24)20(26)14-4-2-1-3-5-14/h1-7,12,15,20,26H,8-11,13H2,(H,23,25). The molecular formula is C20H22F2N2O2. The molecule has 1 amide bonds. The van der Waals surface area contributed by atoms with E-state index >= 15 is 0 Å². The van der Waals surface area contributed by atoms with Crippen LogP contribution in [0.25, 0.3) is 0 Å². The average molecular weight is 360 g/mol. The van der Waals surface area contributed by atoms with Gasteiger partial charge in [-0.15, -0.1) is 0 Å². The van der Waals surface area contributed by atoms with E-state index in [0.29, 0.717) is 13.1 Å². The van der Waals surface area contributed by atoms with E-state index in [0.717, 1.165) is 30.5 Å². The van der Waals surface area contributed by atoms with Crippen molar-refractivity contribution in [3.63, 3.8) is 0 Å². The Morgan fingerprint density at radius 2 is 1.81 bits per heavy atom. The first-order chi connectivity index (χ1) is 12.5. The van der Waals surface area contributed by atoms with Crippen molar-refractivity contribution < 1.29 is 18.7 Å². The highest BCUT2D eigenvalue weighted by atomic mass is 19.2. The predicted octanol–water partition coefficient (Wildman–Crippen LogP) is 3.35. The van der Waals surface area contributed by atoms with Gasteiger partial charge in [0.2, 0.25) is 5.91 Å². The minimum Gasteiger partial charge on any atom is -0.388 e. The maximum atomic E-state index is 13.2. The third-order valence-corrected chi connectivity index (χ3v) is 4.79. The summed E-state index contributed by atoms with van der Waals surface area (Å²) in [7, 11) is 0. The molecule has 2 aromatic rings. The molecule has 1 saturated heterocycles. The van der Waals surface area contributed by atoms with Crippen molar-refractivity contribution in [3.8, 4) is 0 Å². The largest absolute Gasteiger partial charge is 0.388 e. The van der Waals surface area contributed by atoms with Gasteiger partial charge in [0.25, 0.3) is 0 Å². The van der Waals surface area contributed by atoms with E-state index in [-0.39, 0.29) is 24.1 Å². The highest BCUT2D eigenvalue weighted by Gasteiger charge is 2.26. The number of anilines is 1. The number of aliphatic hydroxyl groups is 1. The average Bonchev–Trinajstić information content (AvgIpc) is 2.65. The summed E-state index contributed by atoms with van der Waals surface area (Å²) in [5, 5.41) is 13.1. The zero-order valence-corrected chi connectivity index (χ0v) is 14.4. The van der Waals surface area contributed by atoms with Crippen molar-refractivity contribution in [1.29, 1.82) is 0 Å². The van der Waals surface area contributed by atoms with Gasteiger partial charge < -0.3 is 10.4 Å². The number of nitrogens with zero attached hydrogens (tertiary/aromatic N) is 1. The normalized spacial score (nSPS) is 17.0. The molecule has 2 N–H and O–H groups in total. The van der Waals surface area contributed by atoms with Crippen LogP contribution in [0.1, 0.15) is 24.5 Å². The monoisotopic (exact) mass is 360 g/mol. The molecule has 3 rings (SSSR count). The number of likely N-dealkylation sites (tertiary alicyclic amines) is 1. The lowest BCUT2D eigenvalue weighted by atomic mass is 9.87. The van der Waals surface area contributed by atoms with E-state index < -0.39 is 17.7 Å². The number of hydrogen-bond acceptors (Lipinski definition) is 3. The van der Waals surface area contributed by atoms with Crippen molar-refractivity contribution in [1.82, 2.24) is 4.90 Å². The minimum atomic E-state index is -0.987. The van der Waals surface area contributed by atoms with Crippen molar-refractivity contribution in [2.45, 2.75) is 18.9 Å². The van der Waals surface area contributed by atoms with Gasteiger partial charge in [0.1, 0.15) is 0 Å². The summed E-state index contributed by atoms with van der Waals surface area (Å²) in [6.07, 6.45) is 1.11. The first kappa shape index (κ1) is 18.5. The second-order valence-electron chi connectivity index (χ2n) is 6.65. The van der Waals surface area contributed by atoms with Gasteiger partial charge in [0.15, 0.2) is 11.6 Å². The fourth-order valence-electron chi connectivity index (χ4n) is 3.33. The van der Waals surface area contributed by atoms with E-state index in [9.17, 15) is 18.7 Å². The Labute approximate surface area is 151 Å². The van der Waals surface area contributed by atoms with E-state index in [2.05, 4.69) is 5.32 Å². The molecule has 138 valence electrons. The van der Waals surface area contributed by atoms with E-state index in [4.69, 9.17) is 0 Å². The van der Waals surface area contributed by atoms with Crippen LogP contribution in [0.5, 0.6) is 0 Å². The number of benzene rings is 2. The second kappa shape index (κ2) is 8.38. The van der Waals surface area contributed by atoms with Gasteiger partial charge >= 0.3 is 0 Å². The number of halogens is 2. The lowest BCUT2D eigenvalue weighted by molar-refractivity contribution is -0.117. The molecule has 2 aromatic carbocycles. The van der Waals surface area contributed by atoms with Gasteiger partial charge in [0.05, 0.1) is 12.6 Å². The van der Waals surface area contributed by atoms with Crippen molar-refractivity contribution in [3.05, 3.63) is 65.7 Å². The van der Waals surface area contributed by atoms with Crippen LogP contribution in [0.4, 0.5) is 14.5 Å². The van der Waals surface area contributed by atoms with Crippen LogP contribution >= 0.6 is 0 Å². The highest BCUT2D eigenvalue weighted by Crippen LogP contribution is 2.30. The molecule has 1 atom stereocenters. The molecule has 4 nitrogen and oxygen atoms in total. The molecule has 1 fully saturated rings. The topological polar surface area (TPSA) is 52.6 Å². The Morgan fingerprint density at radius 1 is 1.12 bits per heavy atom. The molecular weight excluding hydrogens is 338 g/mol. The summed E-state index contributed by atoms with van der Waals surface area (Å²) in [5.74, 6) is -2.03. The molecule has 0 bridgehead atoms. The number of piperidine rings is 1. The van der Waals surface area contributed by atoms with Gasteiger partial charge in [-0.3, -0.25) is 9.69 Å². The molecule has 1 aliphatic heterocycles. The minimum absolute atomic E-state index is 0.169. The zero-order valence-electron chi connectivity index (χ0n) is 14.4. The fraction of sp³-hybridized carbons (Fsp3) is 0.350. The van der Waals surface area contributed by atoms with Crippen LogP contribution in [-0.2, 0) is 4.79 Å². The van der Waals surface area contributed by atoms with Crippen LogP contribution in [0.3, 0.4) is 0 Å². The molecule has 0 radical (unpaired) electrons. The van der Waals surface area contributed by atoms with Gasteiger partial charge in [0, 0.05) is 11.8 Å². The molecule has 6 heteroatoms. The highest BCUT2D eigenvalue weighted by molar-refractivity contribution is 5.92. The summed E-state index contributed by atoms with van der Waals surface area (Å²) in [6.45, 7) is 1.60. The fourth-order valence-corrected chi connectivity index (χ4v) is 3.33. The Morgan fingerprint density at radius 3 is 2.46 bits per heavy atom. The van der Waals surface area contributed by atoms with Gasteiger partial charge in [-0.1, -0.05) is 30.3 Å². The van der Waals surface area contributed by atoms with Crippen molar-refractivity contribution in [2.75, 3.05) is 25.0 Å². The van der Waals surface area contributed by atoms with Crippen molar-refractivity contribution in [2.24, 2.45) is 5.92 Å². The van der Waals surface area contributed by atoms with Crippen LogP contribution in [-0.4, -0.2) is 35.5 Å². The lowest BCUT2D eigenvalue weighted by Crippen LogP contribution is -2.40. The SMILES string of the molecule is O=C(CN1CCC(C(O)c2ccccc2)CC1)Nc1ccc(F)c(F)c1. The number of rotatable bonds is 5. The first-order valence-corrected chi connectivity index (χ1v) is 8.73. The predicted molar refractivity (Wildman–Crippen MR) is 95.6 cm³/mol. The summed E-state index contributed by atoms with van der Waals surface area (Å²) in [5.41, 5.74) is 1.16. The molecule has 1 aliphatic rings. The van der Waals surface area contributed by atoms with Gasteiger partial charge in [-0.2, -0.15) is 0 Å². The number of aliphatic hydroxyl groups excluding tert-OH is 1. The number of amides is 1. The lowest BCUT2D eigenvalue weighted by Gasteiger charge is -2.34. The molecule has 0 aromatic heterocycles. The maximum absolute atomic E-state index is 13.2. The molecule has 0 spiro atoms. The molecule has 0 saturated carbocycles. The number of nitrogens with one attached hydrogen (secondary N) is 1. The number of hydrogen-bond donors (Lipinski definition) is 2. The molecule has 0 aliphatic carbocycles. The summed E-state index contributed by atoms with van der Waals surface area (Å²) < 4.78 is 26.1. The van der Waals surface area contributed by atoms with Crippen LogP contribution in [0.15, 0.2) is 48.5 Å². The van der Waals surface area contributed by atoms with Crippen LogP contribution in [0, 0.1) is 17.6 Å².